The van der Waals surface area contributed by atoms with Crippen molar-refractivity contribution in [1.82, 2.24) is 20.4 Å². The summed E-state index contributed by atoms with van der Waals surface area (Å²) in [6, 6.07) is 168. The van der Waals surface area contributed by atoms with Gasteiger partial charge in [0.1, 0.15) is 5.75 Å². The fourth-order valence-corrected chi connectivity index (χ4v) is 22.7. The molecule has 9 N–H and O–H groups in total. The van der Waals surface area contributed by atoms with Gasteiger partial charge in [-0.15, -0.1) is 20.4 Å². The summed E-state index contributed by atoms with van der Waals surface area (Å²) in [6.45, 7) is 0. The number of nitrogens with two attached hydrogens (primary N) is 2. The van der Waals surface area contributed by atoms with Gasteiger partial charge in [-0.25, -0.2) is 0 Å². The van der Waals surface area contributed by atoms with Crippen molar-refractivity contribution >= 4 is 160 Å². The van der Waals surface area contributed by atoms with Gasteiger partial charge in [-0.3, -0.25) is 0 Å². The van der Waals surface area contributed by atoms with Crippen molar-refractivity contribution in [2.24, 2.45) is 0 Å². The zero-order chi connectivity index (χ0) is 90.1. The normalized spacial score (nSPS) is 10.4. The van der Waals surface area contributed by atoms with Crippen molar-refractivity contribution in [3.8, 4) is 17.0 Å². The zero-order valence-electron chi connectivity index (χ0n) is 71.2. The molecule has 0 aliphatic rings. The van der Waals surface area contributed by atoms with Gasteiger partial charge in [0, 0.05) is 31.5 Å². The number of phenolic OH excluding ortho intramolecular Hbond substituents is 1. The number of aromatic hydroxyl groups is 1. The van der Waals surface area contributed by atoms with Gasteiger partial charge < -0.3 is 36.7 Å². The Bertz CT molecular complexity index is 5350. The summed E-state index contributed by atoms with van der Waals surface area (Å²) in [7, 11) is -4.46. The van der Waals surface area contributed by atoms with Crippen LogP contribution in [-0.2, 0) is 33.3 Å². The Morgan fingerprint density at radius 2 is 0.531 bits per heavy atom. The fourth-order valence-electron chi connectivity index (χ4n) is 12.9. The van der Waals surface area contributed by atoms with Gasteiger partial charge in [0.2, 0.25) is 0 Å². The Kier molecular flexibility index (Phi) is 43.7. The number of rotatable bonds is 20. The molecule has 0 saturated heterocycles. The van der Waals surface area contributed by atoms with E-state index in [0.717, 1.165) is 24.0 Å². The summed E-state index contributed by atoms with van der Waals surface area (Å²) in [4.78, 5) is 0. The first kappa shape index (κ1) is 99.8. The van der Waals surface area contributed by atoms with Crippen LogP contribution in [0.4, 0.5) is 11.6 Å². The molecule has 11 nitrogen and oxygen atoms in total. The Labute approximate surface area is 796 Å². The molecule has 16 aromatic carbocycles. The zero-order valence-corrected chi connectivity index (χ0v) is 78.7. The molecule has 0 saturated carbocycles. The van der Waals surface area contributed by atoms with Gasteiger partial charge in [0.25, 0.3) is 0 Å². The second kappa shape index (κ2) is 56.9. The van der Waals surface area contributed by atoms with Crippen LogP contribution in [0.2, 0.25) is 5.15 Å². The number of para-hydroxylation sites is 1. The van der Waals surface area contributed by atoms with Gasteiger partial charge in [0.05, 0.1) is 10.2 Å². The maximum Gasteiger partial charge on any atom is 0.488 e. The number of nitrogen functional groups attached to an aromatic ring is 2. The molecule has 0 fully saturated rings. The fraction of sp³-hybridized carbons (Fsp3) is 0.0182. The average Bonchev–Trinajstić information content (AvgIpc) is 0.802. The molecule has 0 radical (unpaired) electrons. The Hall–Kier alpha value is -12.3. The summed E-state index contributed by atoms with van der Waals surface area (Å²) < 4.78 is 0.669. The van der Waals surface area contributed by atoms with Crippen LogP contribution >= 0.6 is 59.2 Å². The molecule has 0 bridgehead atoms. The number of nitrogens with zero attached hydrogens (tertiary/aromatic N) is 4. The van der Waals surface area contributed by atoms with Crippen LogP contribution in [0.3, 0.4) is 0 Å². The maximum absolute atomic E-state index is 9.93. The molecule has 0 amide bonds. The van der Waals surface area contributed by atoms with E-state index in [0.29, 0.717) is 38.0 Å². The third-order valence-electron chi connectivity index (χ3n) is 19.0. The molecular weight excluding hydrogens is 1850 g/mol. The van der Waals surface area contributed by atoms with E-state index in [-0.39, 0.29) is 26.2 Å². The molecule has 2 heterocycles. The molecular formula is C110H98B2BrClN6O5P4Pd. The standard InChI is InChI=1S/C19H17N3O.4C18H15P.C9H11BO2.C6H7BO2.C4H3BrClN3.Pd/c20-19-15(10-6-9-14-7-2-1-3-8-14)13-17(21-22-19)16-11-4-5-12-18(16)23;4*1-4-10-16(11-5-1)19(17-12-6-2-7-13-17)18-14-8-3-9-15-18;11-10(12)8-4-7-9-5-2-1-3-6-9;8-7(9)6-4-2-1-3-5-6;5-2-1-3(6)8-9-4(2)7;/h1-8,10-13,23H,9H2,(H2,20,22);4*1-15H;1-6,8,11-12H,7H2;1-5,8-9H;1H,(H2,7,9);/b10-6+;;;;;8-4+;;;. The van der Waals surface area contributed by atoms with E-state index in [9.17, 15) is 5.11 Å². The van der Waals surface area contributed by atoms with E-state index in [2.05, 4.69) is 412 Å². The Morgan fingerprint density at radius 3 is 0.769 bits per heavy atom. The molecule has 20 heteroatoms. The van der Waals surface area contributed by atoms with Crippen LogP contribution in [-0.4, -0.2) is 59.8 Å². The Morgan fingerprint density at radius 1 is 0.292 bits per heavy atom. The van der Waals surface area contributed by atoms with Crippen LogP contribution < -0.4 is 80.6 Å². The molecule has 2 aromatic heterocycles. The smallest absolute Gasteiger partial charge is 0.488 e. The second-order valence-corrected chi connectivity index (χ2v) is 38.4. The number of hydrogen-bond donors (Lipinski definition) is 7. The van der Waals surface area contributed by atoms with Crippen LogP contribution in [0.15, 0.2) is 514 Å². The molecule has 18 rings (SSSR count). The van der Waals surface area contributed by atoms with E-state index in [1.807, 2.05) is 78.9 Å². The molecule has 0 aliphatic heterocycles. The number of phenols is 1. The van der Waals surface area contributed by atoms with Crippen molar-refractivity contribution < 1.29 is 45.6 Å². The quantitative estimate of drug-likeness (QED) is 0.0282. The van der Waals surface area contributed by atoms with Crippen molar-refractivity contribution in [2.45, 2.75) is 12.8 Å². The molecule has 0 unspecified atom stereocenters. The molecule has 0 spiro atoms. The molecule has 0 atom stereocenters. The minimum absolute atomic E-state index is 0. The molecule has 0 aliphatic carbocycles. The monoisotopic (exact) mass is 1950 g/mol. The average molecular weight is 1950 g/mol. The number of hydrogen-bond acceptors (Lipinski definition) is 11. The number of anilines is 2. The van der Waals surface area contributed by atoms with Gasteiger partial charge in [-0.05, 0) is 165 Å². The van der Waals surface area contributed by atoms with Crippen molar-refractivity contribution in [2.75, 3.05) is 11.5 Å². The van der Waals surface area contributed by atoms with Crippen molar-refractivity contribution in [3.63, 3.8) is 0 Å². The number of allylic oxidation sites excluding steroid dienone is 2. The third-order valence-corrected chi connectivity index (χ3v) is 29.6. The van der Waals surface area contributed by atoms with Crippen LogP contribution in [0.5, 0.6) is 5.75 Å². The van der Waals surface area contributed by atoms with Crippen LogP contribution in [0.1, 0.15) is 16.7 Å². The largest absolute Gasteiger partial charge is 0.507 e. The topological polar surface area (TPSA) is 205 Å². The first-order valence-electron chi connectivity index (χ1n) is 41.7. The van der Waals surface area contributed by atoms with Gasteiger partial charge in [-0.2, -0.15) is 0 Å². The minimum atomic E-state index is -1.34. The number of halogens is 2. The predicted octanol–water partition coefficient (Wildman–Crippen LogP) is 19.1. The predicted molar refractivity (Wildman–Crippen MR) is 558 cm³/mol. The molecule has 18 aromatic rings. The maximum atomic E-state index is 9.93. The van der Waals surface area contributed by atoms with Crippen molar-refractivity contribution in [3.05, 3.63) is 536 Å². The summed E-state index contributed by atoms with van der Waals surface area (Å²) in [5, 5.41) is 76.3. The van der Waals surface area contributed by atoms with E-state index >= 15 is 0 Å². The van der Waals surface area contributed by atoms with Gasteiger partial charge in [0.15, 0.2) is 16.8 Å². The Balaban J connectivity index is 0.000000157. The van der Waals surface area contributed by atoms with E-state index in [1.54, 1.807) is 54.6 Å². The van der Waals surface area contributed by atoms with E-state index in [1.165, 1.54) is 75.2 Å². The number of benzene rings is 16. The first-order chi connectivity index (χ1) is 63.3. The van der Waals surface area contributed by atoms with Crippen molar-refractivity contribution in [1.29, 1.82) is 0 Å². The molecule has 648 valence electrons. The van der Waals surface area contributed by atoms with Crippen LogP contribution in [0, 0.1) is 0 Å². The summed E-state index contributed by atoms with van der Waals surface area (Å²) >= 11 is 8.59. The SMILES string of the molecule is Nc1nnc(-c2ccccc2O)cc1/C=C/Cc1ccccc1.Nc1nnc(Cl)cc1Br.OB(O)/C=C/Cc1ccccc1.OB(O)c1ccccc1.[Pd].c1ccc(P(c2ccccc2)c2ccccc2)cc1.c1ccc(P(c2ccccc2)c2ccccc2)cc1.c1ccc(P(c2ccccc2)c2ccccc2)cc1.c1ccc(P(c2ccccc2)c2ccccc2)cc1. The first-order valence-corrected chi connectivity index (χ1v) is 48.2. The second-order valence-electron chi connectivity index (χ2n) is 28.3. The number of aromatic nitrogens is 4. The summed E-state index contributed by atoms with van der Waals surface area (Å²) in [5.41, 5.74) is 16.1. The van der Waals surface area contributed by atoms with Gasteiger partial charge >= 0.3 is 14.2 Å². The third kappa shape index (κ3) is 33.6. The molecule has 130 heavy (non-hydrogen) atoms. The van der Waals surface area contributed by atoms with E-state index in [4.69, 9.17) is 43.2 Å². The summed E-state index contributed by atoms with van der Waals surface area (Å²) in [5.74, 6) is 2.24. The van der Waals surface area contributed by atoms with Crippen LogP contribution in [0.25, 0.3) is 17.3 Å². The van der Waals surface area contributed by atoms with E-state index < -0.39 is 45.9 Å². The minimum Gasteiger partial charge on any atom is -0.507 e. The van der Waals surface area contributed by atoms with Gasteiger partial charge in [-0.1, -0.05) is 503 Å². The summed E-state index contributed by atoms with van der Waals surface area (Å²) in [6.07, 6.45) is 7.25.